The van der Waals surface area contributed by atoms with Gasteiger partial charge in [0, 0.05) is 0 Å². The molecule has 0 bridgehead atoms. The molecule has 0 saturated heterocycles. The zero-order chi connectivity index (χ0) is 12.3. The van der Waals surface area contributed by atoms with Crippen molar-refractivity contribution in [2.24, 2.45) is 0 Å². The molecular formula is C10H8ClF3O2. The predicted molar refractivity (Wildman–Crippen MR) is 52.3 cm³/mol. The monoisotopic (exact) mass is 252 g/mol. The Balaban J connectivity index is 3.22. The molecule has 0 amide bonds. The van der Waals surface area contributed by atoms with Crippen LogP contribution in [0.4, 0.5) is 13.2 Å². The smallest absolute Gasteiger partial charge is 0.395 e. The van der Waals surface area contributed by atoms with Crippen molar-refractivity contribution < 1.29 is 23.1 Å². The van der Waals surface area contributed by atoms with Gasteiger partial charge in [-0.2, -0.15) is 13.2 Å². The highest BCUT2D eigenvalue weighted by Crippen LogP contribution is 2.36. The molecule has 1 atom stereocenters. The van der Waals surface area contributed by atoms with Crippen LogP contribution < -0.4 is 0 Å². The fourth-order valence-corrected chi connectivity index (χ4v) is 1.44. The van der Waals surface area contributed by atoms with Gasteiger partial charge in [0.25, 0.3) is 0 Å². The molecule has 0 aliphatic heterocycles. The summed E-state index contributed by atoms with van der Waals surface area (Å²) in [4.78, 5) is 10.5. The fourth-order valence-electron chi connectivity index (χ4n) is 1.22. The van der Waals surface area contributed by atoms with Crippen molar-refractivity contribution in [3.05, 3.63) is 34.3 Å². The maximum atomic E-state index is 12.5. The summed E-state index contributed by atoms with van der Waals surface area (Å²) in [5, 5.41) is 8.37. The molecule has 88 valence electrons. The molecule has 16 heavy (non-hydrogen) atoms. The van der Waals surface area contributed by atoms with Crippen LogP contribution in [-0.2, 0) is 11.0 Å². The zero-order valence-electron chi connectivity index (χ0n) is 7.96. The topological polar surface area (TPSA) is 37.3 Å². The van der Waals surface area contributed by atoms with Crippen LogP contribution in [0.3, 0.4) is 0 Å². The minimum absolute atomic E-state index is 0.0919. The van der Waals surface area contributed by atoms with Crippen LogP contribution in [0.25, 0.3) is 0 Å². The molecule has 1 N–H and O–H groups in total. The number of rotatable bonds is 3. The van der Waals surface area contributed by atoms with Gasteiger partial charge in [0.05, 0.1) is 23.1 Å². The number of hydrogen-bond acceptors (Lipinski definition) is 2. The van der Waals surface area contributed by atoms with E-state index in [0.29, 0.717) is 6.29 Å². The molecule has 0 fully saturated rings. The van der Waals surface area contributed by atoms with E-state index in [-0.39, 0.29) is 5.56 Å². The molecular weight excluding hydrogens is 245 g/mol. The minimum Gasteiger partial charge on any atom is -0.395 e. The lowest BCUT2D eigenvalue weighted by molar-refractivity contribution is -0.137. The Morgan fingerprint density at radius 1 is 1.44 bits per heavy atom. The summed E-state index contributed by atoms with van der Waals surface area (Å²) in [5.74, 6) is -0.960. The number of hydrogen-bond donors (Lipinski definition) is 1. The number of carbonyl (C=O) groups is 1. The predicted octanol–water partition coefficient (Wildman–Crippen LogP) is 2.63. The van der Waals surface area contributed by atoms with Crippen molar-refractivity contribution in [3.8, 4) is 0 Å². The van der Waals surface area contributed by atoms with Gasteiger partial charge in [-0.1, -0.05) is 17.7 Å². The number of halogens is 4. The molecule has 0 aromatic heterocycles. The van der Waals surface area contributed by atoms with E-state index in [1.165, 1.54) is 6.07 Å². The summed E-state index contributed by atoms with van der Waals surface area (Å²) in [7, 11) is 0. The minimum atomic E-state index is -4.57. The van der Waals surface area contributed by atoms with E-state index in [0.717, 1.165) is 12.1 Å². The van der Waals surface area contributed by atoms with Crippen LogP contribution in [0.5, 0.6) is 0 Å². The summed E-state index contributed by atoms with van der Waals surface area (Å²) < 4.78 is 37.4. The Morgan fingerprint density at radius 2 is 2.06 bits per heavy atom. The van der Waals surface area contributed by atoms with Gasteiger partial charge in [-0.15, -0.1) is 0 Å². The van der Waals surface area contributed by atoms with Gasteiger partial charge >= 0.3 is 6.18 Å². The van der Waals surface area contributed by atoms with Crippen molar-refractivity contribution in [2.75, 3.05) is 6.61 Å². The van der Waals surface area contributed by atoms with Gasteiger partial charge in [-0.05, 0) is 17.7 Å². The van der Waals surface area contributed by atoms with Crippen molar-refractivity contribution in [1.29, 1.82) is 0 Å². The second-order valence-electron chi connectivity index (χ2n) is 3.16. The average molecular weight is 253 g/mol. The first-order chi connectivity index (χ1) is 7.40. The van der Waals surface area contributed by atoms with Gasteiger partial charge in [0.1, 0.15) is 6.29 Å². The molecule has 1 unspecified atom stereocenters. The third-order valence-corrected chi connectivity index (χ3v) is 2.41. The summed E-state index contributed by atoms with van der Waals surface area (Å²) in [6.07, 6.45) is -4.18. The number of aliphatic hydroxyl groups excluding tert-OH is 1. The normalized spacial score (nSPS) is 13.6. The Hall–Kier alpha value is -1.07. The molecule has 1 aromatic carbocycles. The van der Waals surface area contributed by atoms with E-state index in [9.17, 15) is 18.0 Å². The number of aliphatic hydroxyl groups is 1. The molecule has 0 radical (unpaired) electrons. The quantitative estimate of drug-likeness (QED) is 0.840. The Kier molecular flexibility index (Phi) is 3.93. The third-order valence-electron chi connectivity index (χ3n) is 2.08. The average Bonchev–Trinajstić information content (AvgIpc) is 2.20. The first-order valence-corrected chi connectivity index (χ1v) is 4.70. The summed E-state index contributed by atoms with van der Waals surface area (Å²) >= 11 is 5.40. The van der Waals surface area contributed by atoms with Crippen LogP contribution in [-0.4, -0.2) is 18.0 Å². The third kappa shape index (κ3) is 2.74. The SMILES string of the molecule is O=CC(CO)c1ccc(Cl)c(C(F)(F)F)c1. The first-order valence-electron chi connectivity index (χ1n) is 4.33. The van der Waals surface area contributed by atoms with E-state index in [4.69, 9.17) is 16.7 Å². The van der Waals surface area contributed by atoms with Crippen molar-refractivity contribution in [3.63, 3.8) is 0 Å². The number of benzene rings is 1. The van der Waals surface area contributed by atoms with Gasteiger partial charge in [-0.3, -0.25) is 0 Å². The second kappa shape index (κ2) is 4.84. The van der Waals surface area contributed by atoms with Crippen LogP contribution in [0.15, 0.2) is 18.2 Å². The van der Waals surface area contributed by atoms with Crippen LogP contribution in [0.1, 0.15) is 17.0 Å². The van der Waals surface area contributed by atoms with E-state index in [1.807, 2.05) is 0 Å². The standard InChI is InChI=1S/C10H8ClF3O2/c11-9-2-1-6(7(4-15)5-16)3-8(9)10(12,13)14/h1-4,7,16H,5H2. The van der Waals surface area contributed by atoms with Gasteiger partial charge in [-0.25, -0.2) is 0 Å². The number of aldehydes is 1. The molecule has 0 aliphatic carbocycles. The Bertz CT molecular complexity index is 390. The molecule has 0 heterocycles. The number of carbonyl (C=O) groups excluding carboxylic acids is 1. The van der Waals surface area contributed by atoms with Gasteiger partial charge in [0.2, 0.25) is 0 Å². The lowest BCUT2D eigenvalue weighted by Gasteiger charge is -2.13. The molecule has 1 rings (SSSR count). The van der Waals surface area contributed by atoms with Crippen molar-refractivity contribution >= 4 is 17.9 Å². The summed E-state index contributed by atoms with van der Waals surface area (Å²) in [6.45, 7) is -0.539. The van der Waals surface area contributed by atoms with E-state index < -0.39 is 29.3 Å². The fraction of sp³-hybridized carbons (Fsp3) is 0.300. The first kappa shape index (κ1) is 13.0. The molecule has 0 saturated carbocycles. The van der Waals surface area contributed by atoms with E-state index in [2.05, 4.69) is 0 Å². The van der Waals surface area contributed by atoms with E-state index in [1.54, 1.807) is 0 Å². The molecule has 0 aliphatic rings. The van der Waals surface area contributed by atoms with Crippen LogP contribution in [0, 0.1) is 0 Å². The van der Waals surface area contributed by atoms with Crippen LogP contribution in [0.2, 0.25) is 5.02 Å². The molecule has 6 heteroatoms. The van der Waals surface area contributed by atoms with Gasteiger partial charge < -0.3 is 9.90 Å². The Morgan fingerprint density at radius 3 is 2.50 bits per heavy atom. The highest BCUT2D eigenvalue weighted by Gasteiger charge is 2.33. The largest absolute Gasteiger partial charge is 0.417 e. The molecule has 2 nitrogen and oxygen atoms in total. The highest BCUT2D eigenvalue weighted by molar-refractivity contribution is 6.31. The van der Waals surface area contributed by atoms with Gasteiger partial charge in [0.15, 0.2) is 0 Å². The maximum Gasteiger partial charge on any atom is 0.417 e. The Labute approximate surface area is 94.6 Å². The lowest BCUT2D eigenvalue weighted by atomic mass is 9.99. The van der Waals surface area contributed by atoms with Crippen molar-refractivity contribution in [1.82, 2.24) is 0 Å². The summed E-state index contributed by atoms with van der Waals surface area (Å²) in [5.41, 5.74) is -0.916. The second-order valence-corrected chi connectivity index (χ2v) is 3.57. The molecule has 0 spiro atoms. The summed E-state index contributed by atoms with van der Waals surface area (Å²) in [6, 6.07) is 3.12. The maximum absolute atomic E-state index is 12.5. The number of alkyl halides is 3. The highest BCUT2D eigenvalue weighted by atomic mass is 35.5. The van der Waals surface area contributed by atoms with Crippen LogP contribution >= 0.6 is 11.6 Å². The van der Waals surface area contributed by atoms with Crippen molar-refractivity contribution in [2.45, 2.75) is 12.1 Å². The lowest BCUT2D eigenvalue weighted by Crippen LogP contribution is -2.10. The zero-order valence-corrected chi connectivity index (χ0v) is 8.72. The molecule has 1 aromatic rings. The van der Waals surface area contributed by atoms with E-state index >= 15 is 0 Å².